The molecule has 1 aliphatic rings. The first-order chi connectivity index (χ1) is 13.6. The van der Waals surface area contributed by atoms with Crippen molar-refractivity contribution < 1.29 is 9.90 Å². The van der Waals surface area contributed by atoms with Crippen LogP contribution < -0.4 is 0 Å². The van der Waals surface area contributed by atoms with Crippen LogP contribution in [0.5, 0.6) is 0 Å². The summed E-state index contributed by atoms with van der Waals surface area (Å²) in [5, 5.41) is 11.5. The van der Waals surface area contributed by atoms with Gasteiger partial charge in [-0.2, -0.15) is 0 Å². The minimum absolute atomic E-state index is 0.0639. The number of fused-ring (bicyclic) bond motifs is 1. The number of carbonyl (C=O) groups is 1. The van der Waals surface area contributed by atoms with Crippen molar-refractivity contribution in [3.63, 3.8) is 0 Å². The Morgan fingerprint density at radius 3 is 2.64 bits per heavy atom. The van der Waals surface area contributed by atoms with Crippen LogP contribution in [0, 0.1) is 12.8 Å². The molecular formula is C24H26N2O2. The van der Waals surface area contributed by atoms with Crippen LogP contribution in [-0.2, 0) is 6.42 Å². The summed E-state index contributed by atoms with van der Waals surface area (Å²) < 4.78 is 0. The third kappa shape index (κ3) is 3.92. The number of nitrogens with zero attached hydrogens (tertiary/aromatic N) is 2. The fourth-order valence-electron chi connectivity index (χ4n) is 4.13. The maximum Gasteiger partial charge on any atom is 0.254 e. The van der Waals surface area contributed by atoms with Gasteiger partial charge in [0.2, 0.25) is 0 Å². The average Bonchev–Trinajstić information content (AvgIpc) is 2.73. The number of aliphatic hydroxyl groups excluding tert-OH is 1. The van der Waals surface area contributed by atoms with E-state index in [1.807, 2.05) is 54.3 Å². The van der Waals surface area contributed by atoms with Crippen molar-refractivity contribution in [1.82, 2.24) is 9.88 Å². The van der Waals surface area contributed by atoms with E-state index in [0.29, 0.717) is 19.5 Å². The SMILES string of the molecule is Cc1ccc2nccc(C(=O)N3CCC([C@@H](O)Cc4ccccc4)CC3)c2c1. The number of benzene rings is 2. The van der Waals surface area contributed by atoms with Crippen LogP contribution in [0.3, 0.4) is 0 Å². The fraction of sp³-hybridized carbons (Fsp3) is 0.333. The summed E-state index contributed by atoms with van der Waals surface area (Å²) in [7, 11) is 0. The van der Waals surface area contributed by atoms with Gasteiger partial charge in [0.1, 0.15) is 0 Å². The van der Waals surface area contributed by atoms with Crippen molar-refractivity contribution in [3.05, 3.63) is 77.5 Å². The molecule has 0 saturated carbocycles. The predicted molar refractivity (Wildman–Crippen MR) is 111 cm³/mol. The lowest BCUT2D eigenvalue weighted by molar-refractivity contribution is 0.0468. The van der Waals surface area contributed by atoms with Gasteiger partial charge in [-0.15, -0.1) is 0 Å². The fourth-order valence-corrected chi connectivity index (χ4v) is 4.13. The molecule has 1 atom stereocenters. The second-order valence-electron chi connectivity index (χ2n) is 7.77. The number of likely N-dealkylation sites (tertiary alicyclic amines) is 1. The zero-order valence-electron chi connectivity index (χ0n) is 16.2. The van der Waals surface area contributed by atoms with Crippen molar-refractivity contribution in [2.45, 2.75) is 32.3 Å². The molecule has 0 bridgehead atoms. The second-order valence-corrected chi connectivity index (χ2v) is 7.77. The predicted octanol–water partition coefficient (Wildman–Crippen LogP) is 4.00. The van der Waals surface area contributed by atoms with Crippen LogP contribution >= 0.6 is 0 Å². The third-order valence-electron chi connectivity index (χ3n) is 5.79. The second kappa shape index (κ2) is 8.11. The van der Waals surface area contributed by atoms with Gasteiger partial charge in [-0.25, -0.2) is 0 Å². The zero-order valence-corrected chi connectivity index (χ0v) is 16.2. The highest BCUT2D eigenvalue weighted by Crippen LogP contribution is 2.26. The first-order valence-corrected chi connectivity index (χ1v) is 9.98. The van der Waals surface area contributed by atoms with Crippen LogP contribution in [-0.4, -0.2) is 40.1 Å². The van der Waals surface area contributed by atoms with E-state index in [4.69, 9.17) is 0 Å². The molecule has 144 valence electrons. The Labute approximate surface area is 165 Å². The van der Waals surface area contributed by atoms with Gasteiger partial charge >= 0.3 is 0 Å². The van der Waals surface area contributed by atoms with Crippen molar-refractivity contribution in [2.75, 3.05) is 13.1 Å². The molecule has 1 aromatic heterocycles. The number of aromatic nitrogens is 1. The monoisotopic (exact) mass is 374 g/mol. The van der Waals surface area contributed by atoms with Crippen LogP contribution in [0.4, 0.5) is 0 Å². The lowest BCUT2D eigenvalue weighted by atomic mass is 9.87. The number of hydrogen-bond acceptors (Lipinski definition) is 3. The molecule has 0 aliphatic carbocycles. The number of aliphatic hydroxyl groups is 1. The van der Waals surface area contributed by atoms with E-state index >= 15 is 0 Å². The van der Waals surface area contributed by atoms with E-state index in [0.717, 1.165) is 40.4 Å². The van der Waals surface area contributed by atoms with Gasteiger partial charge in [-0.3, -0.25) is 9.78 Å². The van der Waals surface area contributed by atoms with Crippen molar-refractivity contribution in [2.24, 2.45) is 5.92 Å². The summed E-state index contributed by atoms with van der Waals surface area (Å²) in [4.78, 5) is 19.4. The van der Waals surface area contributed by atoms with E-state index in [1.54, 1.807) is 6.20 Å². The Balaban J connectivity index is 1.42. The molecule has 2 aromatic carbocycles. The molecule has 1 N–H and O–H groups in total. The van der Waals surface area contributed by atoms with Gasteiger partial charge in [-0.05, 0) is 55.9 Å². The molecule has 3 aromatic rings. The molecule has 4 heteroatoms. The minimum atomic E-state index is -0.357. The van der Waals surface area contributed by atoms with Gasteiger partial charge in [0.05, 0.1) is 17.2 Å². The quantitative estimate of drug-likeness (QED) is 0.751. The lowest BCUT2D eigenvalue weighted by Gasteiger charge is -2.34. The third-order valence-corrected chi connectivity index (χ3v) is 5.79. The van der Waals surface area contributed by atoms with E-state index in [9.17, 15) is 9.90 Å². The number of hydrogen-bond donors (Lipinski definition) is 1. The molecule has 1 aliphatic heterocycles. The Bertz CT molecular complexity index is 963. The largest absolute Gasteiger partial charge is 0.392 e. The Morgan fingerprint density at radius 1 is 1.14 bits per heavy atom. The van der Waals surface area contributed by atoms with Crippen molar-refractivity contribution in [1.29, 1.82) is 0 Å². The molecule has 28 heavy (non-hydrogen) atoms. The molecule has 0 spiro atoms. The molecule has 1 saturated heterocycles. The standard InChI is InChI=1S/C24H26N2O2/c1-17-7-8-22-21(15-17)20(9-12-25-22)24(28)26-13-10-19(11-14-26)23(27)16-18-5-3-2-4-6-18/h2-9,12,15,19,23,27H,10-11,13-14,16H2,1H3/t23-/m0/s1. The molecule has 0 radical (unpaired) electrons. The number of aryl methyl sites for hydroxylation is 1. The maximum absolute atomic E-state index is 13.1. The first kappa shape index (κ1) is 18.6. The summed E-state index contributed by atoms with van der Waals surface area (Å²) in [6.45, 7) is 3.40. The van der Waals surface area contributed by atoms with Gasteiger partial charge in [0.15, 0.2) is 0 Å². The van der Waals surface area contributed by atoms with Crippen molar-refractivity contribution in [3.8, 4) is 0 Å². The molecule has 0 unspecified atom stereocenters. The Hall–Kier alpha value is -2.72. The summed E-state index contributed by atoms with van der Waals surface area (Å²) in [5.74, 6) is 0.301. The lowest BCUT2D eigenvalue weighted by Crippen LogP contribution is -2.41. The van der Waals surface area contributed by atoms with Gasteiger partial charge in [0, 0.05) is 24.7 Å². The summed E-state index contributed by atoms with van der Waals surface area (Å²) >= 11 is 0. The van der Waals surface area contributed by atoms with Crippen LogP contribution in [0.25, 0.3) is 10.9 Å². The summed E-state index contributed by atoms with van der Waals surface area (Å²) in [5.41, 5.74) is 3.85. The Morgan fingerprint density at radius 2 is 1.89 bits per heavy atom. The molecule has 4 rings (SSSR count). The Kier molecular flexibility index (Phi) is 5.40. The molecule has 4 nitrogen and oxygen atoms in total. The number of rotatable bonds is 4. The first-order valence-electron chi connectivity index (χ1n) is 9.98. The van der Waals surface area contributed by atoms with E-state index in [2.05, 4.69) is 17.1 Å². The zero-order chi connectivity index (χ0) is 19.5. The number of amides is 1. The van der Waals surface area contributed by atoms with E-state index < -0.39 is 0 Å². The molecule has 1 amide bonds. The smallest absolute Gasteiger partial charge is 0.254 e. The summed E-state index contributed by atoms with van der Waals surface area (Å²) in [6, 6.07) is 17.9. The van der Waals surface area contributed by atoms with E-state index in [1.165, 1.54) is 0 Å². The summed E-state index contributed by atoms with van der Waals surface area (Å²) in [6.07, 6.45) is 3.70. The van der Waals surface area contributed by atoms with Gasteiger partial charge in [0.25, 0.3) is 5.91 Å². The average molecular weight is 374 g/mol. The molecule has 1 fully saturated rings. The highest BCUT2D eigenvalue weighted by Gasteiger charge is 2.28. The van der Waals surface area contributed by atoms with Crippen molar-refractivity contribution >= 4 is 16.8 Å². The molecule has 2 heterocycles. The van der Waals surface area contributed by atoms with Gasteiger partial charge in [-0.1, -0.05) is 42.0 Å². The van der Waals surface area contributed by atoms with Gasteiger partial charge < -0.3 is 10.0 Å². The highest BCUT2D eigenvalue weighted by atomic mass is 16.3. The number of carbonyl (C=O) groups excluding carboxylic acids is 1. The minimum Gasteiger partial charge on any atom is -0.392 e. The highest BCUT2D eigenvalue weighted by molar-refractivity contribution is 6.06. The molecular weight excluding hydrogens is 348 g/mol. The number of pyridine rings is 1. The normalized spacial score (nSPS) is 16.3. The number of piperidine rings is 1. The van der Waals surface area contributed by atoms with Crippen LogP contribution in [0.2, 0.25) is 0 Å². The van der Waals surface area contributed by atoms with E-state index in [-0.39, 0.29) is 17.9 Å². The van der Waals surface area contributed by atoms with Crippen LogP contribution in [0.15, 0.2) is 60.8 Å². The van der Waals surface area contributed by atoms with Crippen LogP contribution in [0.1, 0.15) is 34.3 Å². The maximum atomic E-state index is 13.1. The topological polar surface area (TPSA) is 53.4 Å².